The van der Waals surface area contributed by atoms with Crippen LogP contribution in [-0.4, -0.2) is 59.9 Å². The van der Waals surface area contributed by atoms with Gasteiger partial charge in [0.25, 0.3) is 0 Å². The molecule has 1 unspecified atom stereocenters. The fourth-order valence-electron chi connectivity index (χ4n) is 5.75. The fraction of sp³-hybridized carbons (Fsp3) is 0.833. The van der Waals surface area contributed by atoms with Crippen LogP contribution in [-0.2, 0) is 37.5 Å². The summed E-state index contributed by atoms with van der Waals surface area (Å²) in [6.07, 6.45) is 38.1. The molecular weight excluding hydrogens is 709 g/mol. The monoisotopic (exact) mass is 788 g/mol. The zero-order chi connectivity index (χ0) is 40.0. The van der Waals surface area contributed by atoms with Crippen molar-refractivity contribution in [1.29, 1.82) is 0 Å². The molecule has 0 rings (SSSR count). The smallest absolute Gasteiger partial charge is 0.472 e. The van der Waals surface area contributed by atoms with E-state index in [2.05, 4.69) is 42.7 Å². The van der Waals surface area contributed by atoms with E-state index in [1.165, 1.54) is 96.3 Å². The van der Waals surface area contributed by atoms with Gasteiger partial charge < -0.3 is 25.2 Å². The second-order valence-corrected chi connectivity index (χ2v) is 15.9. The second kappa shape index (κ2) is 37.9. The Morgan fingerprint density at radius 3 is 1.41 bits per heavy atom. The molecule has 0 heterocycles. The van der Waals surface area contributed by atoms with Gasteiger partial charge in [-0.2, -0.15) is 0 Å². The van der Waals surface area contributed by atoms with Crippen LogP contribution in [0.1, 0.15) is 194 Å². The Morgan fingerprint density at radius 2 is 0.944 bits per heavy atom. The van der Waals surface area contributed by atoms with Gasteiger partial charge in [0, 0.05) is 12.8 Å². The van der Waals surface area contributed by atoms with Gasteiger partial charge in [-0.25, -0.2) is 4.57 Å². The first kappa shape index (κ1) is 52.0. The van der Waals surface area contributed by atoms with Crippen molar-refractivity contribution in [2.45, 2.75) is 206 Å². The standard InChI is InChI=1S/C42H78NO10P/c1-3-5-7-9-11-13-15-17-19-21-23-25-27-29-31-33-40(44)50-35-38(36-51-54(48,49)52-37-39(43)42(46)47)53-41(45)34-32-30-28-26-24-22-20-18-16-14-12-10-8-6-4-2/h9,11,18,20,38-39H,3-8,10,12-17,19,21-37,43H2,1-2H3,(H,46,47)(H,48,49)/b11-9+,20-18+/t38-,39+/m1/s1. The number of carboxylic acids is 1. The highest BCUT2D eigenvalue weighted by Crippen LogP contribution is 2.43. The van der Waals surface area contributed by atoms with Crippen LogP contribution < -0.4 is 5.73 Å². The third-order valence-corrected chi connectivity index (χ3v) is 10.1. The number of phosphoric acid groups is 1. The van der Waals surface area contributed by atoms with Crippen molar-refractivity contribution < 1.29 is 47.5 Å². The number of nitrogens with two attached hydrogens (primary N) is 1. The number of phosphoric ester groups is 1. The van der Waals surface area contributed by atoms with Crippen LogP contribution in [0.4, 0.5) is 0 Å². The molecule has 12 heteroatoms. The molecule has 0 aromatic rings. The van der Waals surface area contributed by atoms with Gasteiger partial charge in [0.15, 0.2) is 6.10 Å². The van der Waals surface area contributed by atoms with Crippen molar-refractivity contribution in [2.24, 2.45) is 5.73 Å². The van der Waals surface area contributed by atoms with Gasteiger partial charge in [-0.3, -0.25) is 23.4 Å². The molecule has 316 valence electrons. The lowest BCUT2D eigenvalue weighted by molar-refractivity contribution is -0.161. The minimum absolute atomic E-state index is 0.153. The average Bonchev–Trinajstić information content (AvgIpc) is 3.14. The molecule has 0 bridgehead atoms. The van der Waals surface area contributed by atoms with E-state index in [-0.39, 0.29) is 19.4 Å². The largest absolute Gasteiger partial charge is 0.480 e. The van der Waals surface area contributed by atoms with Gasteiger partial charge in [0.1, 0.15) is 12.6 Å². The number of rotatable bonds is 40. The van der Waals surface area contributed by atoms with Gasteiger partial charge in [0.2, 0.25) is 0 Å². The minimum Gasteiger partial charge on any atom is -0.480 e. The summed E-state index contributed by atoms with van der Waals surface area (Å²) in [5.41, 5.74) is 5.33. The quantitative estimate of drug-likeness (QED) is 0.0233. The molecule has 0 fully saturated rings. The highest BCUT2D eigenvalue weighted by molar-refractivity contribution is 7.47. The van der Waals surface area contributed by atoms with Crippen molar-refractivity contribution in [3.63, 3.8) is 0 Å². The molecule has 0 radical (unpaired) electrons. The number of esters is 2. The highest BCUT2D eigenvalue weighted by atomic mass is 31.2. The number of carbonyl (C=O) groups excluding carboxylic acids is 2. The van der Waals surface area contributed by atoms with E-state index < -0.39 is 51.1 Å². The maximum Gasteiger partial charge on any atom is 0.472 e. The SMILES string of the molecule is CCCC/C=C/CCCCCCCCCCCC(=O)OC[C@H](COP(=O)(O)OC[C@H](N)C(=O)O)OC(=O)CCCCCCC/C=C/CCCCCCCC. The van der Waals surface area contributed by atoms with E-state index in [0.29, 0.717) is 12.8 Å². The van der Waals surface area contributed by atoms with Crippen LogP contribution >= 0.6 is 7.82 Å². The zero-order valence-electron chi connectivity index (χ0n) is 34.1. The van der Waals surface area contributed by atoms with Crippen LogP contribution in [0.5, 0.6) is 0 Å². The van der Waals surface area contributed by atoms with E-state index >= 15 is 0 Å². The molecule has 4 N–H and O–H groups in total. The topological polar surface area (TPSA) is 172 Å². The zero-order valence-corrected chi connectivity index (χ0v) is 35.0. The minimum atomic E-state index is -4.71. The summed E-state index contributed by atoms with van der Waals surface area (Å²) in [4.78, 5) is 45.9. The van der Waals surface area contributed by atoms with Crippen LogP contribution in [0.2, 0.25) is 0 Å². The lowest BCUT2D eigenvalue weighted by Crippen LogP contribution is -2.34. The Labute approximate surface area is 328 Å². The van der Waals surface area contributed by atoms with Crippen LogP contribution in [0, 0.1) is 0 Å². The van der Waals surface area contributed by atoms with Crippen LogP contribution in [0.15, 0.2) is 24.3 Å². The number of hydrogen-bond acceptors (Lipinski definition) is 9. The first-order valence-corrected chi connectivity index (χ1v) is 22.9. The summed E-state index contributed by atoms with van der Waals surface area (Å²) < 4.78 is 32.7. The summed E-state index contributed by atoms with van der Waals surface area (Å²) in [6, 6.07) is -1.52. The summed E-state index contributed by atoms with van der Waals surface area (Å²) in [5.74, 6) is -2.39. The predicted molar refractivity (Wildman–Crippen MR) is 217 cm³/mol. The predicted octanol–water partition coefficient (Wildman–Crippen LogP) is 11.1. The van der Waals surface area contributed by atoms with Crippen molar-refractivity contribution in [3.05, 3.63) is 24.3 Å². The molecule has 0 spiro atoms. The average molecular weight is 788 g/mol. The Morgan fingerprint density at radius 1 is 0.556 bits per heavy atom. The third-order valence-electron chi connectivity index (χ3n) is 9.17. The van der Waals surface area contributed by atoms with Crippen molar-refractivity contribution >= 4 is 25.7 Å². The van der Waals surface area contributed by atoms with Gasteiger partial charge in [-0.1, -0.05) is 147 Å². The molecule has 54 heavy (non-hydrogen) atoms. The molecule has 0 saturated heterocycles. The van der Waals surface area contributed by atoms with E-state index in [1.807, 2.05) is 0 Å². The first-order valence-electron chi connectivity index (χ1n) is 21.4. The van der Waals surface area contributed by atoms with Gasteiger partial charge in [-0.05, 0) is 57.8 Å². The van der Waals surface area contributed by atoms with E-state index in [4.69, 9.17) is 24.8 Å². The number of carbonyl (C=O) groups is 3. The Kier molecular flexibility index (Phi) is 36.4. The number of aliphatic carboxylic acids is 1. The van der Waals surface area contributed by atoms with Gasteiger partial charge in [0.05, 0.1) is 13.2 Å². The number of carboxylic acid groups (broad SMARTS) is 1. The normalized spacial score (nSPS) is 14.0. The number of ether oxygens (including phenoxy) is 2. The number of unbranched alkanes of at least 4 members (excludes halogenated alkanes) is 22. The van der Waals surface area contributed by atoms with Crippen LogP contribution in [0.3, 0.4) is 0 Å². The molecule has 0 aromatic carbocycles. The Hall–Kier alpha value is -2.04. The summed E-state index contributed by atoms with van der Waals surface area (Å²) >= 11 is 0. The Bertz CT molecular complexity index is 1020. The van der Waals surface area contributed by atoms with E-state index in [9.17, 15) is 23.8 Å². The number of allylic oxidation sites excluding steroid dienone is 4. The molecule has 0 aromatic heterocycles. The van der Waals surface area contributed by atoms with E-state index in [0.717, 1.165) is 57.8 Å². The van der Waals surface area contributed by atoms with Gasteiger partial charge in [-0.15, -0.1) is 0 Å². The fourth-order valence-corrected chi connectivity index (χ4v) is 6.52. The van der Waals surface area contributed by atoms with Crippen molar-refractivity contribution in [2.75, 3.05) is 19.8 Å². The lowest BCUT2D eigenvalue weighted by atomic mass is 10.1. The van der Waals surface area contributed by atoms with E-state index in [1.54, 1.807) is 0 Å². The number of hydrogen-bond donors (Lipinski definition) is 3. The summed E-state index contributed by atoms with van der Waals surface area (Å²) in [5, 5.41) is 8.88. The highest BCUT2D eigenvalue weighted by Gasteiger charge is 2.28. The van der Waals surface area contributed by atoms with Crippen molar-refractivity contribution in [1.82, 2.24) is 0 Å². The Balaban J connectivity index is 4.38. The maximum absolute atomic E-state index is 12.6. The first-order chi connectivity index (χ1) is 26.1. The molecule has 3 atom stereocenters. The molecule has 0 saturated carbocycles. The second-order valence-electron chi connectivity index (χ2n) is 14.5. The molecule has 0 aliphatic heterocycles. The summed E-state index contributed by atoms with van der Waals surface area (Å²) in [7, 11) is -4.71. The summed E-state index contributed by atoms with van der Waals surface area (Å²) in [6.45, 7) is 2.76. The third kappa shape index (κ3) is 36.9. The van der Waals surface area contributed by atoms with Crippen LogP contribution in [0.25, 0.3) is 0 Å². The molecular formula is C42H78NO10P. The molecule has 11 nitrogen and oxygen atoms in total. The molecule has 0 aliphatic carbocycles. The maximum atomic E-state index is 12.6. The lowest BCUT2D eigenvalue weighted by Gasteiger charge is -2.20. The molecule has 0 aliphatic rings. The molecule has 0 amide bonds. The van der Waals surface area contributed by atoms with Gasteiger partial charge >= 0.3 is 25.7 Å². The van der Waals surface area contributed by atoms with Crippen molar-refractivity contribution in [3.8, 4) is 0 Å².